The Labute approximate surface area is 186 Å². The van der Waals surface area contributed by atoms with Gasteiger partial charge in [-0.25, -0.2) is 4.79 Å². The monoisotopic (exact) mass is 432 g/mol. The molecule has 0 aliphatic carbocycles. The molecule has 0 amide bonds. The Bertz CT molecular complexity index is 1460. The minimum absolute atomic E-state index is 0.117. The minimum Gasteiger partial charge on any atom is -0.496 e. The maximum atomic E-state index is 13.3. The van der Waals surface area contributed by atoms with Gasteiger partial charge in [-0.3, -0.25) is 18.8 Å². The molecule has 0 radical (unpaired) electrons. The molecule has 0 aliphatic rings. The van der Waals surface area contributed by atoms with Crippen LogP contribution in [0.2, 0.25) is 0 Å². The molecule has 0 spiro atoms. The summed E-state index contributed by atoms with van der Waals surface area (Å²) >= 11 is 0. The molecule has 4 rings (SSSR count). The van der Waals surface area contributed by atoms with E-state index in [4.69, 9.17) is 15.1 Å². The fourth-order valence-corrected chi connectivity index (χ4v) is 4.47. The van der Waals surface area contributed by atoms with Crippen molar-refractivity contribution in [3.05, 3.63) is 57.9 Å². The van der Waals surface area contributed by atoms with Crippen LogP contribution in [0.5, 0.6) is 5.75 Å². The summed E-state index contributed by atoms with van der Waals surface area (Å²) in [5.74, 6) is 0.648. The minimum atomic E-state index is -0.196. The van der Waals surface area contributed by atoms with E-state index < -0.39 is 0 Å². The van der Waals surface area contributed by atoms with Crippen molar-refractivity contribution >= 4 is 33.2 Å². The quantitative estimate of drug-likeness (QED) is 0.481. The Morgan fingerprint density at radius 3 is 2.44 bits per heavy atom. The van der Waals surface area contributed by atoms with Crippen LogP contribution < -0.4 is 10.4 Å². The topological polar surface area (TPSA) is 90.7 Å². The number of aromatic nitrogens is 5. The summed E-state index contributed by atoms with van der Waals surface area (Å²) in [4.78, 5) is 18.0. The van der Waals surface area contributed by atoms with Crippen LogP contribution in [0.15, 0.2) is 41.1 Å². The maximum Gasteiger partial charge on any atom is 0.329 e. The highest BCUT2D eigenvalue weighted by atomic mass is 16.5. The second kappa shape index (κ2) is 7.78. The zero-order valence-electron chi connectivity index (χ0n) is 19.5. The van der Waals surface area contributed by atoms with E-state index in [1.807, 2.05) is 46.1 Å². The van der Waals surface area contributed by atoms with Crippen molar-refractivity contribution in [2.45, 2.75) is 33.7 Å². The molecular formula is C24H28N6O2. The van der Waals surface area contributed by atoms with Gasteiger partial charge in [-0.05, 0) is 39.8 Å². The number of rotatable bonds is 5. The first-order valence-electron chi connectivity index (χ1n) is 10.4. The summed E-state index contributed by atoms with van der Waals surface area (Å²) in [5.41, 5.74) is 6.28. The number of hydrogen-bond acceptors (Lipinski definition) is 5. The fraction of sp³-hybridized carbons (Fsp3) is 0.333. The summed E-state index contributed by atoms with van der Waals surface area (Å²) in [6.45, 7) is 7.72. The first kappa shape index (κ1) is 21.5. The summed E-state index contributed by atoms with van der Waals surface area (Å²) < 4.78 is 10.9. The molecule has 1 aromatic carbocycles. The number of hydrogen-bond donors (Lipinski definition) is 1. The number of benzene rings is 1. The Morgan fingerprint density at radius 2 is 1.88 bits per heavy atom. The SMILES string of the molecule is COc1cc2c(cc1C(C(C)=N)=C(C)C)ncc1c2n(C)c(=O)n1C(C)c1cnn(C)c1. The van der Waals surface area contributed by atoms with Crippen molar-refractivity contribution in [3.63, 3.8) is 0 Å². The van der Waals surface area contributed by atoms with Gasteiger partial charge in [-0.1, -0.05) is 5.57 Å². The highest BCUT2D eigenvalue weighted by Gasteiger charge is 2.22. The molecule has 32 heavy (non-hydrogen) atoms. The molecule has 3 aromatic heterocycles. The number of allylic oxidation sites excluding steroid dienone is 2. The lowest BCUT2D eigenvalue weighted by molar-refractivity contribution is 0.414. The van der Waals surface area contributed by atoms with Gasteiger partial charge in [0.25, 0.3) is 0 Å². The number of fused-ring (bicyclic) bond motifs is 3. The highest BCUT2D eigenvalue weighted by molar-refractivity contribution is 6.23. The molecular weight excluding hydrogens is 404 g/mol. The second-order valence-corrected chi connectivity index (χ2v) is 8.40. The average molecular weight is 433 g/mol. The zero-order chi connectivity index (χ0) is 23.3. The molecule has 0 saturated heterocycles. The van der Waals surface area contributed by atoms with Gasteiger partial charge in [0.05, 0.1) is 42.1 Å². The Hall–Kier alpha value is -3.68. The highest BCUT2D eigenvalue weighted by Crippen LogP contribution is 2.35. The van der Waals surface area contributed by atoms with E-state index in [1.165, 1.54) is 0 Å². The molecule has 1 N–H and O–H groups in total. The average Bonchev–Trinajstić information content (AvgIpc) is 3.28. The van der Waals surface area contributed by atoms with Gasteiger partial charge in [-0.15, -0.1) is 0 Å². The van der Waals surface area contributed by atoms with E-state index in [2.05, 4.69) is 5.10 Å². The van der Waals surface area contributed by atoms with E-state index in [0.717, 1.165) is 44.2 Å². The van der Waals surface area contributed by atoms with E-state index in [9.17, 15) is 4.79 Å². The van der Waals surface area contributed by atoms with Crippen molar-refractivity contribution < 1.29 is 4.74 Å². The van der Waals surface area contributed by atoms with E-state index in [1.54, 1.807) is 47.3 Å². The summed E-state index contributed by atoms with van der Waals surface area (Å²) in [5, 5.41) is 13.3. The Balaban J connectivity index is 2.04. The third-order valence-corrected chi connectivity index (χ3v) is 5.97. The summed E-state index contributed by atoms with van der Waals surface area (Å²) in [6.07, 6.45) is 5.45. The van der Waals surface area contributed by atoms with Crippen molar-refractivity contribution in [2.24, 2.45) is 14.1 Å². The third kappa shape index (κ3) is 3.23. The molecule has 0 saturated carbocycles. The van der Waals surface area contributed by atoms with Gasteiger partial charge in [0, 0.05) is 48.1 Å². The fourth-order valence-electron chi connectivity index (χ4n) is 4.47. The van der Waals surface area contributed by atoms with Crippen molar-refractivity contribution in [1.82, 2.24) is 23.9 Å². The van der Waals surface area contributed by atoms with Crippen LogP contribution in [0.25, 0.3) is 27.5 Å². The van der Waals surface area contributed by atoms with Crippen molar-refractivity contribution in [2.75, 3.05) is 7.11 Å². The lowest BCUT2D eigenvalue weighted by atomic mass is 9.95. The lowest BCUT2D eigenvalue weighted by Gasteiger charge is -2.15. The smallest absolute Gasteiger partial charge is 0.329 e. The summed E-state index contributed by atoms with van der Waals surface area (Å²) in [7, 11) is 5.26. The molecule has 4 aromatic rings. The molecule has 0 fully saturated rings. The largest absolute Gasteiger partial charge is 0.496 e. The number of nitrogens with one attached hydrogen (secondary N) is 1. The van der Waals surface area contributed by atoms with E-state index >= 15 is 0 Å². The molecule has 8 nitrogen and oxygen atoms in total. The molecule has 1 atom stereocenters. The number of aryl methyl sites for hydroxylation is 2. The maximum absolute atomic E-state index is 13.3. The molecule has 166 valence electrons. The van der Waals surface area contributed by atoms with Gasteiger partial charge in [0.2, 0.25) is 0 Å². The number of methoxy groups -OCH3 is 1. The molecule has 0 bridgehead atoms. The number of imidazole rings is 1. The van der Waals surface area contributed by atoms with Gasteiger partial charge in [0.1, 0.15) is 5.75 Å². The van der Waals surface area contributed by atoms with Crippen LogP contribution in [0.1, 0.15) is 44.9 Å². The third-order valence-electron chi connectivity index (χ3n) is 5.97. The van der Waals surface area contributed by atoms with Crippen LogP contribution in [-0.4, -0.2) is 36.7 Å². The van der Waals surface area contributed by atoms with E-state index in [-0.39, 0.29) is 11.7 Å². The van der Waals surface area contributed by atoms with Crippen molar-refractivity contribution in [3.8, 4) is 5.75 Å². The van der Waals surface area contributed by atoms with Crippen LogP contribution in [0, 0.1) is 5.41 Å². The lowest BCUT2D eigenvalue weighted by Crippen LogP contribution is -2.25. The van der Waals surface area contributed by atoms with Crippen molar-refractivity contribution in [1.29, 1.82) is 5.41 Å². The van der Waals surface area contributed by atoms with Gasteiger partial charge in [-0.2, -0.15) is 5.10 Å². The van der Waals surface area contributed by atoms with Gasteiger partial charge in [0.15, 0.2) is 0 Å². The number of pyridine rings is 1. The standard InChI is InChI=1S/C24H28N6O2/c1-13(2)22(14(3)25)18-8-19-17(9-21(18)32-7)23-20(11-26-19)30(24(31)29(23)6)15(4)16-10-27-28(5)12-16/h8-12,15,25H,1-7H3. The molecule has 3 heterocycles. The van der Waals surface area contributed by atoms with Crippen LogP contribution in [0.4, 0.5) is 0 Å². The normalized spacial score (nSPS) is 12.3. The molecule has 8 heteroatoms. The number of nitrogens with zero attached hydrogens (tertiary/aromatic N) is 5. The van der Waals surface area contributed by atoms with E-state index in [0.29, 0.717) is 11.5 Å². The summed E-state index contributed by atoms with van der Waals surface area (Å²) in [6, 6.07) is 3.67. The molecule has 0 aliphatic heterocycles. The first-order valence-corrected chi connectivity index (χ1v) is 10.4. The van der Waals surface area contributed by atoms with Gasteiger partial charge >= 0.3 is 5.69 Å². The van der Waals surface area contributed by atoms with Crippen LogP contribution >= 0.6 is 0 Å². The first-order chi connectivity index (χ1) is 15.1. The van der Waals surface area contributed by atoms with Crippen LogP contribution in [0.3, 0.4) is 0 Å². The molecule has 1 unspecified atom stereocenters. The Morgan fingerprint density at radius 1 is 1.16 bits per heavy atom. The zero-order valence-corrected chi connectivity index (χ0v) is 19.5. The second-order valence-electron chi connectivity index (χ2n) is 8.40. The Kier molecular flexibility index (Phi) is 5.24. The van der Waals surface area contributed by atoms with Crippen LogP contribution in [-0.2, 0) is 14.1 Å². The predicted molar refractivity (Wildman–Crippen MR) is 128 cm³/mol. The predicted octanol–water partition coefficient (Wildman–Crippen LogP) is 4.07. The van der Waals surface area contributed by atoms with Gasteiger partial charge < -0.3 is 10.1 Å². The number of ether oxygens (including phenoxy) is 1.